The van der Waals surface area contributed by atoms with Crippen LogP contribution in [0, 0.1) is 0 Å². The van der Waals surface area contributed by atoms with Gasteiger partial charge in [0, 0.05) is 22.6 Å². The smallest absolute Gasteiger partial charge is 0.323 e. The molecule has 2 aromatic carbocycles. The number of carbonyl (C=O) groups is 2. The van der Waals surface area contributed by atoms with Crippen LogP contribution in [0.4, 0.5) is 21.9 Å². The second kappa shape index (κ2) is 8.38. The highest BCUT2D eigenvalue weighted by molar-refractivity contribution is 6.00. The van der Waals surface area contributed by atoms with E-state index in [9.17, 15) is 9.59 Å². The van der Waals surface area contributed by atoms with Crippen molar-refractivity contribution < 1.29 is 9.59 Å². The summed E-state index contributed by atoms with van der Waals surface area (Å²) in [7, 11) is 0. The van der Waals surface area contributed by atoms with Crippen molar-refractivity contribution in [3.63, 3.8) is 0 Å². The number of para-hydroxylation sites is 1. The Bertz CT molecular complexity index is 754. The Morgan fingerprint density at radius 3 is 2.08 bits per heavy atom. The van der Waals surface area contributed by atoms with E-state index in [4.69, 9.17) is 0 Å². The van der Waals surface area contributed by atoms with Crippen LogP contribution in [0.2, 0.25) is 0 Å². The molecule has 0 unspecified atom stereocenters. The van der Waals surface area contributed by atoms with E-state index in [1.807, 2.05) is 63.2 Å². The number of carbonyl (C=O) groups excluding carboxylic acids is 2. The highest BCUT2D eigenvalue weighted by Gasteiger charge is 2.19. The van der Waals surface area contributed by atoms with Crippen molar-refractivity contribution >= 4 is 29.0 Å². The van der Waals surface area contributed by atoms with Gasteiger partial charge >= 0.3 is 6.03 Å². The van der Waals surface area contributed by atoms with Gasteiger partial charge in [-0.3, -0.25) is 4.79 Å². The molecule has 0 saturated heterocycles. The number of amides is 3. The van der Waals surface area contributed by atoms with Crippen molar-refractivity contribution in [2.75, 3.05) is 16.0 Å². The van der Waals surface area contributed by atoms with Crippen LogP contribution in [-0.2, 0) is 4.79 Å². The minimum atomic E-state index is -0.400. The molecule has 0 heterocycles. The Morgan fingerprint density at radius 2 is 1.42 bits per heavy atom. The molecular weight excluding hydrogens is 328 g/mol. The first kappa shape index (κ1) is 19.3. The third-order valence-electron chi connectivity index (χ3n) is 3.43. The van der Waals surface area contributed by atoms with Crippen LogP contribution in [0.5, 0.6) is 0 Å². The number of rotatable bonds is 5. The average Bonchev–Trinajstić information content (AvgIpc) is 2.54. The number of nitrogens with one attached hydrogen (secondary N) is 4. The summed E-state index contributed by atoms with van der Waals surface area (Å²) in [5.41, 5.74) is 1.81. The molecule has 4 N–H and O–H groups in total. The first-order valence-electron chi connectivity index (χ1n) is 8.54. The van der Waals surface area contributed by atoms with Crippen LogP contribution in [0.15, 0.2) is 54.6 Å². The van der Waals surface area contributed by atoms with Crippen LogP contribution in [-0.4, -0.2) is 23.5 Å². The molecule has 2 aromatic rings. The zero-order valence-electron chi connectivity index (χ0n) is 15.6. The van der Waals surface area contributed by atoms with Gasteiger partial charge in [-0.1, -0.05) is 24.3 Å². The van der Waals surface area contributed by atoms with Crippen molar-refractivity contribution in [2.45, 2.75) is 39.3 Å². The Morgan fingerprint density at radius 1 is 0.846 bits per heavy atom. The molecule has 138 valence electrons. The number of hydrogen-bond donors (Lipinski definition) is 4. The maximum Gasteiger partial charge on any atom is 0.323 e. The molecule has 0 saturated carbocycles. The minimum absolute atomic E-state index is 0.0855. The molecule has 26 heavy (non-hydrogen) atoms. The maximum absolute atomic E-state index is 12.2. The number of anilines is 3. The van der Waals surface area contributed by atoms with Crippen molar-refractivity contribution in [2.24, 2.45) is 0 Å². The molecule has 6 nitrogen and oxygen atoms in total. The molecular formula is C20H26N4O2. The normalized spacial score (nSPS) is 12.0. The fourth-order valence-corrected chi connectivity index (χ4v) is 2.30. The Balaban J connectivity index is 1.95. The van der Waals surface area contributed by atoms with Gasteiger partial charge in [0.1, 0.15) is 6.04 Å². The van der Waals surface area contributed by atoms with E-state index in [0.717, 1.165) is 5.69 Å². The lowest BCUT2D eigenvalue weighted by atomic mass is 10.1. The molecule has 6 heteroatoms. The van der Waals surface area contributed by atoms with E-state index in [-0.39, 0.29) is 17.5 Å². The third-order valence-corrected chi connectivity index (χ3v) is 3.43. The van der Waals surface area contributed by atoms with Gasteiger partial charge in [0.2, 0.25) is 5.91 Å². The molecule has 0 aromatic heterocycles. The summed E-state index contributed by atoms with van der Waals surface area (Å²) in [6.45, 7) is 7.61. The zero-order chi connectivity index (χ0) is 19.2. The summed E-state index contributed by atoms with van der Waals surface area (Å²) in [4.78, 5) is 24.2. The fourth-order valence-electron chi connectivity index (χ4n) is 2.30. The summed E-state index contributed by atoms with van der Waals surface area (Å²) >= 11 is 0. The molecule has 0 aliphatic rings. The van der Waals surface area contributed by atoms with Crippen molar-refractivity contribution in [1.82, 2.24) is 5.32 Å². The summed E-state index contributed by atoms with van der Waals surface area (Å²) in [6.07, 6.45) is 0. The van der Waals surface area contributed by atoms with E-state index < -0.39 is 6.04 Å². The van der Waals surface area contributed by atoms with Gasteiger partial charge in [0.05, 0.1) is 0 Å². The molecule has 0 bridgehead atoms. The molecule has 0 aliphatic carbocycles. The van der Waals surface area contributed by atoms with Gasteiger partial charge in [-0.15, -0.1) is 0 Å². The van der Waals surface area contributed by atoms with Gasteiger partial charge in [-0.2, -0.15) is 0 Å². The van der Waals surface area contributed by atoms with Crippen LogP contribution in [0.25, 0.3) is 0 Å². The van der Waals surface area contributed by atoms with Crippen LogP contribution in [0.1, 0.15) is 27.7 Å². The largest absolute Gasteiger partial charge is 0.374 e. The summed E-state index contributed by atoms with van der Waals surface area (Å²) in [5.74, 6) is -0.0855. The molecule has 2 rings (SSSR count). The van der Waals surface area contributed by atoms with Gasteiger partial charge in [-0.05, 0) is 58.0 Å². The molecule has 0 spiro atoms. The number of hydrogen-bond acceptors (Lipinski definition) is 3. The van der Waals surface area contributed by atoms with Gasteiger partial charge in [-0.25, -0.2) is 4.79 Å². The van der Waals surface area contributed by atoms with Gasteiger partial charge in [0.25, 0.3) is 0 Å². The zero-order valence-corrected chi connectivity index (χ0v) is 15.6. The average molecular weight is 354 g/mol. The minimum Gasteiger partial charge on any atom is -0.374 e. The predicted octanol–water partition coefficient (Wildman–Crippen LogP) is 4.05. The van der Waals surface area contributed by atoms with Gasteiger partial charge in [0.15, 0.2) is 0 Å². The van der Waals surface area contributed by atoms with Crippen LogP contribution in [0.3, 0.4) is 0 Å². The standard InChI is InChI=1S/C20H26N4O2/c1-14(18(25)24-20(2,3)4)21-16-11-8-12-17(13-16)23-19(26)22-15-9-6-5-7-10-15/h5-14,21H,1-4H3,(H,24,25)(H2,22,23,26)/t14-/m0/s1. The van der Waals surface area contributed by atoms with Crippen molar-refractivity contribution in [3.8, 4) is 0 Å². The second-order valence-electron chi connectivity index (χ2n) is 7.13. The summed E-state index contributed by atoms with van der Waals surface area (Å²) in [5, 5.41) is 11.6. The molecule has 1 atom stereocenters. The molecule has 0 fully saturated rings. The highest BCUT2D eigenvalue weighted by Crippen LogP contribution is 2.17. The quantitative estimate of drug-likeness (QED) is 0.654. The highest BCUT2D eigenvalue weighted by atomic mass is 16.2. The van der Waals surface area contributed by atoms with Crippen molar-refractivity contribution in [1.29, 1.82) is 0 Å². The molecule has 0 aliphatic heterocycles. The van der Waals surface area contributed by atoms with Crippen LogP contribution >= 0.6 is 0 Å². The second-order valence-corrected chi connectivity index (χ2v) is 7.13. The lowest BCUT2D eigenvalue weighted by molar-refractivity contribution is -0.122. The Kier molecular flexibility index (Phi) is 6.22. The summed E-state index contributed by atoms with van der Waals surface area (Å²) in [6, 6.07) is 15.7. The summed E-state index contributed by atoms with van der Waals surface area (Å²) < 4.78 is 0. The Hall–Kier alpha value is -3.02. The predicted molar refractivity (Wildman–Crippen MR) is 107 cm³/mol. The monoisotopic (exact) mass is 354 g/mol. The number of benzene rings is 2. The molecule has 3 amide bonds. The SMILES string of the molecule is C[C@H](Nc1cccc(NC(=O)Nc2ccccc2)c1)C(=O)NC(C)(C)C. The fraction of sp³-hybridized carbons (Fsp3) is 0.300. The van der Waals surface area contributed by atoms with E-state index in [0.29, 0.717) is 11.4 Å². The van der Waals surface area contributed by atoms with Crippen molar-refractivity contribution in [3.05, 3.63) is 54.6 Å². The first-order valence-corrected chi connectivity index (χ1v) is 8.54. The lowest BCUT2D eigenvalue weighted by Crippen LogP contribution is -2.47. The lowest BCUT2D eigenvalue weighted by Gasteiger charge is -2.24. The topological polar surface area (TPSA) is 82.3 Å². The van der Waals surface area contributed by atoms with E-state index in [1.54, 1.807) is 19.1 Å². The van der Waals surface area contributed by atoms with E-state index >= 15 is 0 Å². The van der Waals surface area contributed by atoms with Gasteiger partial charge < -0.3 is 21.3 Å². The van der Waals surface area contributed by atoms with Crippen LogP contribution < -0.4 is 21.3 Å². The van der Waals surface area contributed by atoms with E-state index in [1.165, 1.54) is 0 Å². The Labute approximate surface area is 154 Å². The number of urea groups is 1. The first-order chi connectivity index (χ1) is 12.2. The maximum atomic E-state index is 12.2. The van der Waals surface area contributed by atoms with E-state index in [2.05, 4.69) is 21.3 Å². The third kappa shape index (κ3) is 6.47. The molecule has 0 radical (unpaired) electrons.